The van der Waals surface area contributed by atoms with Gasteiger partial charge in [0.05, 0.1) is 0 Å². The van der Waals surface area contributed by atoms with Gasteiger partial charge >= 0.3 is 20.4 Å². The first-order valence-corrected chi connectivity index (χ1v) is 6.06. The highest BCUT2D eigenvalue weighted by atomic mass is 24.5. The van der Waals surface area contributed by atoms with Crippen LogP contribution in [0.3, 0.4) is 0 Å². The molecule has 0 heterocycles. The standard InChI is InChI=1S/C5H11.C3H7.Mg/c1-5(2,3)4;1-3-2;/h1H2,2-4H3;1,3H2,2H3;. The van der Waals surface area contributed by atoms with Crippen LogP contribution in [0.4, 0.5) is 0 Å². The third-order valence-corrected chi connectivity index (χ3v) is 4.59. The second-order valence-corrected chi connectivity index (χ2v) is 5.93. The lowest BCUT2D eigenvalue weighted by Crippen LogP contribution is -2.07. The Morgan fingerprint density at radius 2 is 1.78 bits per heavy atom. The summed E-state index contributed by atoms with van der Waals surface area (Å²) in [5, 5.41) is 0. The molecule has 0 unspecified atom stereocenters. The largest absolute Gasteiger partial charge is 0.364 e. The summed E-state index contributed by atoms with van der Waals surface area (Å²) >= 11 is 0.307. The zero-order valence-electron chi connectivity index (χ0n) is 7.33. The van der Waals surface area contributed by atoms with E-state index in [1.807, 2.05) is 0 Å². The van der Waals surface area contributed by atoms with E-state index in [9.17, 15) is 0 Å². The summed E-state index contributed by atoms with van der Waals surface area (Å²) in [6.45, 7) is 9.32. The normalized spacial score (nSPS) is 11.1. The van der Waals surface area contributed by atoms with Crippen LogP contribution >= 0.6 is 0 Å². The highest BCUT2D eigenvalue weighted by Crippen LogP contribution is 2.18. The number of hydrogen-bond acceptors (Lipinski definition) is 0. The fourth-order valence-electron chi connectivity index (χ4n) is 0.905. The molecule has 1 heteroatoms. The van der Waals surface area contributed by atoms with E-state index in [2.05, 4.69) is 27.7 Å². The summed E-state index contributed by atoms with van der Waals surface area (Å²) in [4.78, 5) is 0. The molecule has 0 spiro atoms. The fraction of sp³-hybridized carbons (Fsp3) is 1.00. The van der Waals surface area contributed by atoms with Crippen molar-refractivity contribution in [3.05, 3.63) is 0 Å². The summed E-state index contributed by atoms with van der Waals surface area (Å²) < 4.78 is 3.05. The average molecular weight is 139 g/mol. The van der Waals surface area contributed by atoms with Crippen LogP contribution < -0.4 is 0 Å². The van der Waals surface area contributed by atoms with Gasteiger partial charge in [0.2, 0.25) is 0 Å². The van der Waals surface area contributed by atoms with Crippen LogP contribution in [-0.2, 0) is 0 Å². The topological polar surface area (TPSA) is 0 Å². The summed E-state index contributed by atoms with van der Waals surface area (Å²) in [6.07, 6.45) is 1.41. The Bertz CT molecular complexity index is 61.5. The molecule has 0 aliphatic heterocycles. The summed E-state index contributed by atoms with van der Waals surface area (Å²) in [5.74, 6) is 0. The molecule has 0 aliphatic carbocycles. The Hall–Kier alpha value is 0.766. The van der Waals surface area contributed by atoms with E-state index >= 15 is 0 Å². The second kappa shape index (κ2) is 4.56. The van der Waals surface area contributed by atoms with Crippen molar-refractivity contribution in [3.63, 3.8) is 0 Å². The fourth-order valence-corrected chi connectivity index (χ4v) is 2.72. The monoisotopic (exact) mass is 138 g/mol. The van der Waals surface area contributed by atoms with Gasteiger partial charge in [-0.25, -0.2) is 0 Å². The van der Waals surface area contributed by atoms with Gasteiger partial charge < -0.3 is 0 Å². The van der Waals surface area contributed by atoms with Crippen LogP contribution in [0.1, 0.15) is 34.1 Å². The molecule has 0 aromatic rings. The molecular formula is C8H18Mg. The van der Waals surface area contributed by atoms with Gasteiger partial charge in [0.1, 0.15) is 0 Å². The predicted octanol–water partition coefficient (Wildman–Crippen LogP) is 2.98. The van der Waals surface area contributed by atoms with Gasteiger partial charge in [-0.2, -0.15) is 0 Å². The lowest BCUT2D eigenvalue weighted by Gasteiger charge is -2.16. The smallest absolute Gasteiger partial charge is 0.146 e. The lowest BCUT2D eigenvalue weighted by atomic mass is 10.0. The second-order valence-electron chi connectivity index (χ2n) is 4.02. The minimum Gasteiger partial charge on any atom is -0.146 e. The molecule has 0 aromatic heterocycles. The van der Waals surface area contributed by atoms with Crippen LogP contribution in [0.25, 0.3) is 0 Å². The Morgan fingerprint density at radius 3 is 2.11 bits per heavy atom. The van der Waals surface area contributed by atoms with Crippen LogP contribution in [0.5, 0.6) is 0 Å². The van der Waals surface area contributed by atoms with Crippen molar-refractivity contribution in [2.45, 2.75) is 43.2 Å². The van der Waals surface area contributed by atoms with E-state index in [-0.39, 0.29) is 0 Å². The molecule has 0 nitrogen and oxygen atoms in total. The number of rotatable bonds is 3. The van der Waals surface area contributed by atoms with Crippen molar-refractivity contribution < 1.29 is 0 Å². The first-order chi connectivity index (χ1) is 4.06. The van der Waals surface area contributed by atoms with Crippen LogP contribution in [0.15, 0.2) is 0 Å². The van der Waals surface area contributed by atoms with Crippen LogP contribution in [0, 0.1) is 5.41 Å². The van der Waals surface area contributed by atoms with Crippen LogP contribution in [-0.4, -0.2) is 20.4 Å². The van der Waals surface area contributed by atoms with Crippen molar-refractivity contribution in [1.82, 2.24) is 0 Å². The van der Waals surface area contributed by atoms with Gasteiger partial charge in [0.25, 0.3) is 0 Å². The first kappa shape index (κ1) is 9.77. The van der Waals surface area contributed by atoms with Gasteiger partial charge in [0, 0.05) is 0 Å². The van der Waals surface area contributed by atoms with Gasteiger partial charge in [-0.15, -0.1) is 9.10 Å². The molecule has 0 fully saturated rings. The zero-order valence-corrected chi connectivity index (χ0v) is 8.74. The highest BCUT2D eigenvalue weighted by Gasteiger charge is 2.09. The average Bonchev–Trinajstić information content (AvgIpc) is 1.63. The highest BCUT2D eigenvalue weighted by molar-refractivity contribution is 6.35. The molecular weight excluding hydrogens is 120 g/mol. The Balaban J connectivity index is 3.07. The van der Waals surface area contributed by atoms with E-state index in [1.165, 1.54) is 15.5 Å². The molecule has 0 saturated heterocycles. The summed E-state index contributed by atoms with van der Waals surface area (Å²) in [6, 6.07) is 0. The maximum Gasteiger partial charge on any atom is 0.364 e. The van der Waals surface area contributed by atoms with E-state index in [4.69, 9.17) is 0 Å². The van der Waals surface area contributed by atoms with Gasteiger partial charge in [-0.3, -0.25) is 0 Å². The maximum atomic E-state index is 2.34. The van der Waals surface area contributed by atoms with E-state index in [0.717, 1.165) is 0 Å². The Kier molecular flexibility index (Phi) is 4.95. The van der Waals surface area contributed by atoms with Crippen molar-refractivity contribution in [3.8, 4) is 0 Å². The quantitative estimate of drug-likeness (QED) is 0.416. The minimum absolute atomic E-state index is 0.307. The summed E-state index contributed by atoms with van der Waals surface area (Å²) in [5.41, 5.74) is 0.612. The SMILES string of the molecule is CC[CH2][Mg][CH2]C(C)(C)C. The molecule has 52 valence electrons. The van der Waals surface area contributed by atoms with Crippen LogP contribution in [0.2, 0.25) is 9.10 Å². The maximum absolute atomic E-state index is 2.34. The molecule has 0 amide bonds. The van der Waals surface area contributed by atoms with E-state index < -0.39 is 0 Å². The van der Waals surface area contributed by atoms with Gasteiger partial charge in [-0.1, -0.05) is 39.5 Å². The summed E-state index contributed by atoms with van der Waals surface area (Å²) in [7, 11) is 0. The van der Waals surface area contributed by atoms with Crippen molar-refractivity contribution in [2.24, 2.45) is 5.41 Å². The van der Waals surface area contributed by atoms with Crippen molar-refractivity contribution in [2.75, 3.05) is 0 Å². The van der Waals surface area contributed by atoms with Gasteiger partial charge in [0.15, 0.2) is 0 Å². The molecule has 0 rings (SSSR count). The van der Waals surface area contributed by atoms with E-state index in [1.54, 1.807) is 0 Å². The molecule has 0 aliphatic rings. The molecule has 0 aromatic carbocycles. The Morgan fingerprint density at radius 1 is 1.22 bits per heavy atom. The predicted molar refractivity (Wildman–Crippen MR) is 45.1 cm³/mol. The zero-order chi connectivity index (χ0) is 7.33. The lowest BCUT2D eigenvalue weighted by molar-refractivity contribution is 0.466. The minimum atomic E-state index is 0.307. The molecule has 0 bridgehead atoms. The Labute approximate surface area is 69.1 Å². The first-order valence-electron chi connectivity index (χ1n) is 4.06. The third-order valence-electron chi connectivity index (χ3n) is 1.53. The third kappa shape index (κ3) is 8.77. The van der Waals surface area contributed by atoms with E-state index in [0.29, 0.717) is 25.8 Å². The number of hydrogen-bond donors (Lipinski definition) is 0. The van der Waals surface area contributed by atoms with Crippen molar-refractivity contribution >= 4 is 20.4 Å². The molecule has 9 heavy (non-hydrogen) atoms. The van der Waals surface area contributed by atoms with Crippen molar-refractivity contribution in [1.29, 1.82) is 0 Å². The molecule has 0 radical (unpaired) electrons. The molecule has 0 saturated carbocycles. The van der Waals surface area contributed by atoms with Gasteiger partial charge in [-0.05, 0) is 0 Å². The molecule has 0 atom stereocenters. The molecule has 0 N–H and O–H groups in total.